The van der Waals surface area contributed by atoms with Gasteiger partial charge in [-0.2, -0.15) is 0 Å². The molecule has 4 amide bonds. The summed E-state index contributed by atoms with van der Waals surface area (Å²) in [5, 5.41) is 5.45. The highest BCUT2D eigenvalue weighted by atomic mass is 16.6. The van der Waals surface area contributed by atoms with E-state index in [1.165, 1.54) is 4.90 Å². The number of benzene rings is 1. The molecule has 0 radical (unpaired) electrons. The molecule has 0 bridgehead atoms. The van der Waals surface area contributed by atoms with E-state index in [0.717, 1.165) is 12.0 Å². The van der Waals surface area contributed by atoms with Crippen molar-refractivity contribution in [2.45, 2.75) is 97.9 Å². The van der Waals surface area contributed by atoms with Gasteiger partial charge in [0.25, 0.3) is 0 Å². The predicted molar refractivity (Wildman–Crippen MR) is 135 cm³/mol. The largest absolute Gasteiger partial charge is 0.444 e. The summed E-state index contributed by atoms with van der Waals surface area (Å²) in [4.78, 5) is 53.0. The second kappa shape index (κ2) is 12.6. The topological polar surface area (TPSA) is 131 Å². The number of rotatable bonds is 10. The Morgan fingerprint density at radius 2 is 1.71 bits per heavy atom. The molecule has 1 rings (SSSR count). The molecular formula is C26H42N4O5. The third-order valence-electron chi connectivity index (χ3n) is 4.85. The maximum atomic E-state index is 13.8. The molecular weight excluding hydrogens is 448 g/mol. The summed E-state index contributed by atoms with van der Waals surface area (Å²) in [7, 11) is 0. The van der Waals surface area contributed by atoms with Gasteiger partial charge in [0.1, 0.15) is 17.7 Å². The summed E-state index contributed by atoms with van der Waals surface area (Å²) < 4.78 is 5.28. The molecule has 0 saturated carbocycles. The number of hydrogen-bond acceptors (Lipinski definition) is 5. The molecule has 0 spiro atoms. The Balaban J connectivity index is 3.50. The van der Waals surface area contributed by atoms with Crippen molar-refractivity contribution in [3.63, 3.8) is 0 Å². The van der Waals surface area contributed by atoms with Crippen LogP contribution in [0, 0.1) is 6.92 Å². The number of nitrogens with zero attached hydrogens (tertiary/aromatic N) is 1. The van der Waals surface area contributed by atoms with E-state index in [0.29, 0.717) is 12.0 Å². The summed E-state index contributed by atoms with van der Waals surface area (Å²) in [5.74, 6) is -1.71. The Morgan fingerprint density at radius 1 is 1.09 bits per heavy atom. The van der Waals surface area contributed by atoms with Crippen LogP contribution < -0.4 is 16.4 Å². The number of unbranched alkanes of at least 4 members (excludes halogenated alkanes) is 1. The van der Waals surface area contributed by atoms with Crippen LogP contribution in [0.3, 0.4) is 0 Å². The highest BCUT2D eigenvalue weighted by molar-refractivity contribution is 5.94. The van der Waals surface area contributed by atoms with Gasteiger partial charge in [-0.15, -0.1) is 0 Å². The van der Waals surface area contributed by atoms with Crippen LogP contribution in [0.2, 0.25) is 0 Å². The first kappa shape index (κ1) is 29.9. The Hall–Kier alpha value is -3.10. The molecule has 9 nitrogen and oxygen atoms in total. The fourth-order valence-corrected chi connectivity index (χ4v) is 3.50. The van der Waals surface area contributed by atoms with Crippen molar-refractivity contribution in [1.82, 2.24) is 15.5 Å². The van der Waals surface area contributed by atoms with Crippen LogP contribution in [0.5, 0.6) is 0 Å². The Kier molecular flexibility index (Phi) is 10.7. The number of nitrogens with two attached hydrogens (primary N) is 1. The summed E-state index contributed by atoms with van der Waals surface area (Å²) in [6.07, 6.45) is 0.110. The lowest BCUT2D eigenvalue weighted by Gasteiger charge is -2.36. The number of alkyl carbamates (subject to hydrolysis) is 1. The summed E-state index contributed by atoms with van der Waals surface area (Å²) in [6, 6.07) is 5.11. The molecule has 0 aliphatic heterocycles. The molecule has 1 aromatic rings. The molecule has 2 unspecified atom stereocenters. The zero-order valence-corrected chi connectivity index (χ0v) is 22.4. The van der Waals surface area contributed by atoms with Gasteiger partial charge >= 0.3 is 6.09 Å². The van der Waals surface area contributed by atoms with Crippen molar-refractivity contribution < 1.29 is 23.9 Å². The number of aryl methyl sites for hydroxylation is 1. The predicted octanol–water partition coefficient (Wildman–Crippen LogP) is 3.35. The number of primary amides is 1. The van der Waals surface area contributed by atoms with Gasteiger partial charge in [-0.3, -0.25) is 14.4 Å². The van der Waals surface area contributed by atoms with Crippen molar-refractivity contribution in [1.29, 1.82) is 0 Å². The average Bonchev–Trinajstić information content (AvgIpc) is 2.66. The van der Waals surface area contributed by atoms with Crippen LogP contribution >= 0.6 is 0 Å². The standard InChI is InChI=1S/C26H42N4O5/c1-9-10-14-30(23(33)19(16-20(27)31)28-24(34)35-26(6,7)8)21(22(32)29-25(3,4)5)18-13-11-12-17(2)15-18/h11-13,15,19,21H,9-10,14,16H2,1-8H3,(H2,27,31)(H,28,34)(H,29,32). The number of carbonyl (C=O) groups excluding carboxylic acids is 4. The number of carbonyl (C=O) groups is 4. The highest BCUT2D eigenvalue weighted by Gasteiger charge is 2.37. The van der Waals surface area contributed by atoms with Crippen molar-refractivity contribution in [2.75, 3.05) is 6.54 Å². The maximum Gasteiger partial charge on any atom is 0.408 e. The van der Waals surface area contributed by atoms with Crippen LogP contribution in [-0.4, -0.2) is 52.4 Å². The molecule has 4 N–H and O–H groups in total. The van der Waals surface area contributed by atoms with Gasteiger partial charge in [-0.25, -0.2) is 4.79 Å². The Bertz CT molecular complexity index is 902. The second-order valence-electron chi connectivity index (χ2n) is 10.8. The van der Waals surface area contributed by atoms with Gasteiger partial charge in [0.05, 0.1) is 6.42 Å². The summed E-state index contributed by atoms with van der Waals surface area (Å²) in [6.45, 7) is 14.8. The van der Waals surface area contributed by atoms with E-state index in [-0.39, 0.29) is 12.5 Å². The fourth-order valence-electron chi connectivity index (χ4n) is 3.50. The zero-order chi connectivity index (χ0) is 27.0. The monoisotopic (exact) mass is 490 g/mol. The normalized spacial score (nSPS) is 13.4. The second-order valence-corrected chi connectivity index (χ2v) is 10.8. The van der Waals surface area contributed by atoms with Crippen LogP contribution in [0.1, 0.15) is 84.9 Å². The van der Waals surface area contributed by atoms with Crippen molar-refractivity contribution in [3.8, 4) is 0 Å². The molecule has 196 valence electrons. The van der Waals surface area contributed by atoms with Crippen LogP contribution in [0.25, 0.3) is 0 Å². The molecule has 1 aromatic carbocycles. The molecule has 0 aliphatic rings. The Morgan fingerprint density at radius 3 is 2.20 bits per heavy atom. The van der Waals surface area contributed by atoms with Gasteiger partial charge in [0, 0.05) is 12.1 Å². The Labute approximate surface area is 209 Å². The first-order chi connectivity index (χ1) is 16.0. The van der Waals surface area contributed by atoms with Gasteiger partial charge in [0.2, 0.25) is 17.7 Å². The fraction of sp³-hybridized carbons (Fsp3) is 0.615. The smallest absolute Gasteiger partial charge is 0.408 e. The third kappa shape index (κ3) is 10.8. The molecule has 0 aromatic heterocycles. The average molecular weight is 491 g/mol. The first-order valence-electron chi connectivity index (χ1n) is 12.0. The molecule has 0 fully saturated rings. The van der Waals surface area contributed by atoms with Crippen LogP contribution in [0.15, 0.2) is 24.3 Å². The van der Waals surface area contributed by atoms with Gasteiger partial charge in [-0.1, -0.05) is 43.2 Å². The van der Waals surface area contributed by atoms with Crippen molar-refractivity contribution >= 4 is 23.8 Å². The number of nitrogens with one attached hydrogen (secondary N) is 2. The molecule has 0 heterocycles. The van der Waals surface area contributed by atoms with E-state index in [2.05, 4.69) is 10.6 Å². The molecule has 9 heteroatoms. The van der Waals surface area contributed by atoms with E-state index in [1.54, 1.807) is 26.8 Å². The molecule has 0 aliphatic carbocycles. The number of ether oxygens (including phenoxy) is 1. The van der Waals surface area contributed by atoms with E-state index in [9.17, 15) is 19.2 Å². The van der Waals surface area contributed by atoms with Crippen LogP contribution in [0.4, 0.5) is 4.79 Å². The SMILES string of the molecule is CCCCN(C(=O)C(CC(N)=O)NC(=O)OC(C)(C)C)C(C(=O)NC(C)(C)C)c1cccc(C)c1. The molecule has 35 heavy (non-hydrogen) atoms. The summed E-state index contributed by atoms with van der Waals surface area (Å²) in [5.41, 5.74) is 5.62. The van der Waals surface area contributed by atoms with Crippen molar-refractivity contribution in [2.24, 2.45) is 5.73 Å². The van der Waals surface area contributed by atoms with Gasteiger partial charge in [0.15, 0.2) is 0 Å². The van der Waals surface area contributed by atoms with E-state index >= 15 is 0 Å². The first-order valence-corrected chi connectivity index (χ1v) is 12.0. The quantitative estimate of drug-likeness (QED) is 0.463. The number of amides is 4. The van der Waals surface area contributed by atoms with E-state index in [4.69, 9.17) is 10.5 Å². The minimum Gasteiger partial charge on any atom is -0.444 e. The number of hydrogen-bond donors (Lipinski definition) is 3. The summed E-state index contributed by atoms with van der Waals surface area (Å²) >= 11 is 0. The molecule has 2 atom stereocenters. The minimum atomic E-state index is -1.28. The third-order valence-corrected chi connectivity index (χ3v) is 4.85. The maximum absolute atomic E-state index is 13.8. The highest BCUT2D eigenvalue weighted by Crippen LogP contribution is 2.25. The van der Waals surface area contributed by atoms with Crippen molar-refractivity contribution in [3.05, 3.63) is 35.4 Å². The lowest BCUT2D eigenvalue weighted by atomic mass is 9.98. The van der Waals surface area contributed by atoms with E-state index in [1.807, 2.05) is 52.8 Å². The van der Waals surface area contributed by atoms with E-state index < -0.39 is 47.6 Å². The molecule has 0 saturated heterocycles. The zero-order valence-electron chi connectivity index (χ0n) is 22.4. The lowest BCUT2D eigenvalue weighted by molar-refractivity contribution is -0.144. The van der Waals surface area contributed by atoms with Gasteiger partial charge in [-0.05, 0) is 60.5 Å². The minimum absolute atomic E-state index is 0.247. The lowest BCUT2D eigenvalue weighted by Crippen LogP contribution is -2.55. The van der Waals surface area contributed by atoms with Crippen LogP contribution in [-0.2, 0) is 19.1 Å². The van der Waals surface area contributed by atoms with Gasteiger partial charge < -0.3 is 26.0 Å².